The van der Waals surface area contributed by atoms with Crippen molar-refractivity contribution in [1.82, 2.24) is 4.31 Å². The number of amides is 1. The summed E-state index contributed by atoms with van der Waals surface area (Å²) >= 11 is 5.84. The van der Waals surface area contributed by atoms with Crippen LogP contribution in [-0.4, -0.2) is 38.3 Å². The quantitative estimate of drug-likeness (QED) is 0.812. The summed E-state index contributed by atoms with van der Waals surface area (Å²) in [4.78, 5) is 12.7. The number of carbonyl (C=O) groups excluding carboxylic acids is 1. The summed E-state index contributed by atoms with van der Waals surface area (Å²) in [6, 6.07) is 12.7. The first-order chi connectivity index (χ1) is 12.0. The predicted octanol–water partition coefficient (Wildman–Crippen LogP) is 3.39. The first-order valence-electron chi connectivity index (χ1n) is 7.81. The van der Waals surface area contributed by atoms with E-state index in [1.54, 1.807) is 50.2 Å². The third-order valence-corrected chi connectivity index (χ3v) is 5.67. The van der Waals surface area contributed by atoms with Crippen molar-refractivity contribution in [2.45, 2.75) is 24.3 Å². The highest BCUT2D eigenvalue weighted by atomic mass is 35.5. The molecule has 0 aliphatic carbocycles. The van der Waals surface area contributed by atoms with E-state index in [0.717, 1.165) is 4.31 Å². The van der Waals surface area contributed by atoms with Crippen LogP contribution in [0.1, 0.15) is 13.8 Å². The van der Waals surface area contributed by atoms with E-state index in [1.807, 2.05) is 0 Å². The molecule has 2 rings (SSSR count). The van der Waals surface area contributed by atoms with Crippen LogP contribution in [0.5, 0.6) is 5.75 Å². The van der Waals surface area contributed by atoms with Gasteiger partial charge in [-0.2, -0.15) is 0 Å². The second-order valence-corrected chi connectivity index (χ2v) is 8.92. The molecule has 0 saturated carbocycles. The van der Waals surface area contributed by atoms with E-state index in [9.17, 15) is 13.2 Å². The third-order valence-electron chi connectivity index (χ3n) is 3.60. The largest absolute Gasteiger partial charge is 0.478 e. The third kappa shape index (κ3) is 4.75. The molecule has 1 N–H and O–H groups in total. The first-order valence-corrected chi connectivity index (χ1v) is 9.63. The number of benzene rings is 2. The Kier molecular flexibility index (Phi) is 5.95. The summed E-state index contributed by atoms with van der Waals surface area (Å²) in [5.74, 6) is 0.0883. The van der Waals surface area contributed by atoms with E-state index in [1.165, 1.54) is 26.2 Å². The molecule has 2 aromatic carbocycles. The Bertz CT molecular complexity index is 894. The van der Waals surface area contributed by atoms with Gasteiger partial charge in [-0.1, -0.05) is 17.7 Å². The minimum absolute atomic E-state index is 0.0942. The van der Waals surface area contributed by atoms with Gasteiger partial charge in [0, 0.05) is 24.8 Å². The first kappa shape index (κ1) is 20.2. The minimum atomic E-state index is -3.59. The van der Waals surface area contributed by atoms with Crippen LogP contribution in [-0.2, 0) is 14.8 Å². The normalized spacial score (nSPS) is 12.1. The zero-order chi connectivity index (χ0) is 19.5. The van der Waals surface area contributed by atoms with Crippen LogP contribution >= 0.6 is 11.6 Å². The minimum Gasteiger partial charge on any atom is -0.478 e. The standard InChI is InChI=1S/C18H21ClN2O4S/c1-18(2,25-15-10-8-13(19)9-11-15)17(22)20-14-6-5-7-16(12-14)26(23,24)21(3)4/h5-12H,1-4H3,(H,20,22). The van der Waals surface area contributed by atoms with Crippen LogP contribution in [0.3, 0.4) is 0 Å². The number of rotatable bonds is 6. The number of anilines is 1. The molecule has 2 aromatic rings. The summed E-state index contributed by atoms with van der Waals surface area (Å²) < 4.78 is 31.3. The molecule has 0 aromatic heterocycles. The molecule has 8 heteroatoms. The van der Waals surface area contributed by atoms with Crippen molar-refractivity contribution in [3.05, 3.63) is 53.6 Å². The Morgan fingerprint density at radius 2 is 1.73 bits per heavy atom. The van der Waals surface area contributed by atoms with Crippen LogP contribution in [0, 0.1) is 0 Å². The molecule has 0 saturated heterocycles. The van der Waals surface area contributed by atoms with Crippen LogP contribution in [0.25, 0.3) is 0 Å². The molecule has 0 heterocycles. The monoisotopic (exact) mass is 396 g/mol. The lowest BCUT2D eigenvalue weighted by atomic mass is 10.1. The Labute approximate surface area is 158 Å². The fourth-order valence-corrected chi connectivity index (χ4v) is 3.14. The van der Waals surface area contributed by atoms with Gasteiger partial charge in [0.15, 0.2) is 5.60 Å². The highest BCUT2D eigenvalue weighted by molar-refractivity contribution is 7.89. The molecule has 6 nitrogen and oxygen atoms in total. The van der Waals surface area contributed by atoms with E-state index in [4.69, 9.17) is 16.3 Å². The zero-order valence-corrected chi connectivity index (χ0v) is 16.6. The van der Waals surface area contributed by atoms with Gasteiger partial charge >= 0.3 is 0 Å². The molecule has 1 amide bonds. The molecular formula is C18H21ClN2O4S. The van der Waals surface area contributed by atoms with Gasteiger partial charge in [-0.25, -0.2) is 12.7 Å². The average Bonchev–Trinajstić information content (AvgIpc) is 2.57. The van der Waals surface area contributed by atoms with Crippen molar-refractivity contribution in [3.63, 3.8) is 0 Å². The van der Waals surface area contributed by atoms with Gasteiger partial charge in [0.2, 0.25) is 10.0 Å². The SMILES string of the molecule is CN(C)S(=O)(=O)c1cccc(NC(=O)C(C)(C)Oc2ccc(Cl)cc2)c1. The van der Waals surface area contributed by atoms with Crippen molar-refractivity contribution in [1.29, 1.82) is 0 Å². The van der Waals surface area contributed by atoms with Gasteiger partial charge in [-0.15, -0.1) is 0 Å². The average molecular weight is 397 g/mol. The fourth-order valence-electron chi connectivity index (χ4n) is 2.07. The second kappa shape index (κ2) is 7.65. The maximum Gasteiger partial charge on any atom is 0.267 e. The van der Waals surface area contributed by atoms with Gasteiger partial charge < -0.3 is 10.1 Å². The Hall–Kier alpha value is -2.09. The topological polar surface area (TPSA) is 75.7 Å². The summed E-state index contributed by atoms with van der Waals surface area (Å²) in [6.07, 6.45) is 0. The fraction of sp³-hybridized carbons (Fsp3) is 0.278. The van der Waals surface area contributed by atoms with Gasteiger partial charge in [0.1, 0.15) is 5.75 Å². The van der Waals surface area contributed by atoms with Crippen molar-refractivity contribution < 1.29 is 17.9 Å². The van der Waals surface area contributed by atoms with Gasteiger partial charge in [-0.05, 0) is 56.3 Å². The molecule has 26 heavy (non-hydrogen) atoms. The van der Waals surface area contributed by atoms with Crippen molar-refractivity contribution in [3.8, 4) is 5.75 Å². The maximum absolute atomic E-state index is 12.6. The molecule has 0 fully saturated rings. The smallest absolute Gasteiger partial charge is 0.267 e. The number of hydrogen-bond acceptors (Lipinski definition) is 4. The highest BCUT2D eigenvalue weighted by Gasteiger charge is 2.30. The number of sulfonamides is 1. The Morgan fingerprint density at radius 3 is 2.31 bits per heavy atom. The van der Waals surface area contributed by atoms with Gasteiger partial charge in [0.25, 0.3) is 5.91 Å². The zero-order valence-electron chi connectivity index (χ0n) is 15.0. The van der Waals surface area contributed by atoms with Crippen LogP contribution in [0.15, 0.2) is 53.4 Å². The Morgan fingerprint density at radius 1 is 1.12 bits per heavy atom. The Balaban J connectivity index is 2.17. The molecular weight excluding hydrogens is 376 g/mol. The second-order valence-electron chi connectivity index (χ2n) is 6.34. The number of hydrogen-bond donors (Lipinski definition) is 1. The highest BCUT2D eigenvalue weighted by Crippen LogP contribution is 2.23. The molecule has 0 radical (unpaired) electrons. The number of ether oxygens (including phenoxy) is 1. The number of halogens is 1. The van der Waals surface area contributed by atoms with Gasteiger partial charge in [-0.3, -0.25) is 4.79 Å². The summed E-state index contributed by atoms with van der Waals surface area (Å²) in [7, 11) is -0.689. The molecule has 0 aliphatic heterocycles. The van der Waals surface area contributed by atoms with E-state index >= 15 is 0 Å². The van der Waals surface area contributed by atoms with Crippen molar-refractivity contribution in [2.75, 3.05) is 19.4 Å². The molecule has 0 aliphatic rings. The predicted molar refractivity (Wildman–Crippen MR) is 102 cm³/mol. The van der Waals surface area contributed by atoms with Crippen molar-refractivity contribution >= 4 is 33.2 Å². The molecule has 140 valence electrons. The lowest BCUT2D eigenvalue weighted by Crippen LogP contribution is -2.42. The number of nitrogens with zero attached hydrogens (tertiary/aromatic N) is 1. The van der Waals surface area contributed by atoms with E-state index in [-0.39, 0.29) is 4.90 Å². The summed E-state index contributed by atoms with van der Waals surface area (Å²) in [5, 5.41) is 3.26. The van der Waals surface area contributed by atoms with Crippen LogP contribution in [0.2, 0.25) is 5.02 Å². The molecule has 0 unspecified atom stereocenters. The summed E-state index contributed by atoms with van der Waals surface area (Å²) in [5.41, 5.74) is -0.810. The lowest BCUT2D eigenvalue weighted by molar-refractivity contribution is -0.128. The van der Waals surface area contributed by atoms with Crippen LogP contribution < -0.4 is 10.1 Å². The van der Waals surface area contributed by atoms with Gasteiger partial charge in [0.05, 0.1) is 4.90 Å². The van der Waals surface area contributed by atoms with E-state index < -0.39 is 21.5 Å². The number of nitrogens with one attached hydrogen (secondary N) is 1. The maximum atomic E-state index is 12.6. The van der Waals surface area contributed by atoms with Crippen LogP contribution in [0.4, 0.5) is 5.69 Å². The molecule has 0 bridgehead atoms. The molecule has 0 spiro atoms. The lowest BCUT2D eigenvalue weighted by Gasteiger charge is -2.25. The molecule has 0 atom stereocenters. The van der Waals surface area contributed by atoms with Crippen molar-refractivity contribution in [2.24, 2.45) is 0 Å². The number of carbonyl (C=O) groups is 1. The van der Waals surface area contributed by atoms with E-state index in [0.29, 0.717) is 16.5 Å². The summed E-state index contributed by atoms with van der Waals surface area (Å²) in [6.45, 7) is 3.24. The van der Waals surface area contributed by atoms with E-state index in [2.05, 4.69) is 5.32 Å².